The van der Waals surface area contributed by atoms with Crippen molar-refractivity contribution in [2.24, 2.45) is 0 Å². The highest BCUT2D eigenvalue weighted by Crippen LogP contribution is 2.29. The first-order chi connectivity index (χ1) is 12.9. The second kappa shape index (κ2) is 7.17. The third kappa shape index (κ3) is 3.00. The standard InChI is InChI=1S/C18H11O4Si4/c1-2-5-14-11-16-15(10-13(14)4-1)9-8-12-6-3-7-17(18(12)16)26-21-24-19-23-20-25-22-26/h1-11H. The molecule has 7 radical (unpaired) electrons. The number of hydrogen-bond acceptors (Lipinski definition) is 4. The molecule has 0 aliphatic carbocycles. The van der Waals surface area contributed by atoms with Gasteiger partial charge in [-0.3, -0.25) is 0 Å². The molecular weight excluding hydrogens is 393 g/mol. The van der Waals surface area contributed by atoms with Crippen molar-refractivity contribution in [2.45, 2.75) is 0 Å². The van der Waals surface area contributed by atoms with E-state index < -0.39 is 9.28 Å². The number of fused-ring (bicyclic) bond motifs is 4. The van der Waals surface area contributed by atoms with Gasteiger partial charge in [0.15, 0.2) is 0 Å². The summed E-state index contributed by atoms with van der Waals surface area (Å²) in [5.41, 5.74) is 0. The summed E-state index contributed by atoms with van der Waals surface area (Å²) in [6.45, 7) is 0. The van der Waals surface area contributed by atoms with Gasteiger partial charge in [0.25, 0.3) is 0 Å². The van der Waals surface area contributed by atoms with Crippen LogP contribution in [0.2, 0.25) is 0 Å². The van der Waals surface area contributed by atoms with E-state index in [0.717, 1.165) is 5.19 Å². The molecule has 123 valence electrons. The van der Waals surface area contributed by atoms with Crippen molar-refractivity contribution < 1.29 is 16.5 Å². The Morgan fingerprint density at radius 3 is 2.12 bits per heavy atom. The fourth-order valence-electron chi connectivity index (χ4n) is 3.27. The maximum atomic E-state index is 5.93. The van der Waals surface area contributed by atoms with E-state index >= 15 is 0 Å². The van der Waals surface area contributed by atoms with E-state index in [1.807, 2.05) is 0 Å². The Morgan fingerprint density at radius 2 is 1.31 bits per heavy atom. The minimum Gasteiger partial charge on any atom is -0.412 e. The van der Waals surface area contributed by atoms with Crippen LogP contribution in [0.5, 0.6) is 0 Å². The first-order valence-corrected chi connectivity index (χ1v) is 11.8. The van der Waals surface area contributed by atoms with Crippen molar-refractivity contribution in [3.8, 4) is 0 Å². The van der Waals surface area contributed by atoms with Crippen molar-refractivity contribution in [2.75, 3.05) is 0 Å². The fourth-order valence-corrected chi connectivity index (χ4v) is 7.91. The molecule has 0 bridgehead atoms. The summed E-state index contributed by atoms with van der Waals surface area (Å²) in [5, 5.41) is 8.40. The van der Waals surface area contributed by atoms with Crippen LogP contribution < -0.4 is 5.19 Å². The topological polar surface area (TPSA) is 36.9 Å². The molecule has 26 heavy (non-hydrogen) atoms. The first kappa shape index (κ1) is 16.5. The Morgan fingerprint density at radius 1 is 0.615 bits per heavy atom. The van der Waals surface area contributed by atoms with Crippen LogP contribution in [-0.2, 0) is 16.5 Å². The molecule has 8 heteroatoms. The van der Waals surface area contributed by atoms with E-state index in [4.69, 9.17) is 16.5 Å². The van der Waals surface area contributed by atoms with Gasteiger partial charge in [-0.15, -0.1) is 0 Å². The van der Waals surface area contributed by atoms with E-state index in [1.54, 1.807) is 0 Å². The number of hydrogen-bond donors (Lipinski definition) is 0. The summed E-state index contributed by atoms with van der Waals surface area (Å²) in [5.74, 6) is 0. The van der Waals surface area contributed by atoms with Crippen molar-refractivity contribution in [3.63, 3.8) is 0 Å². The van der Waals surface area contributed by atoms with Crippen LogP contribution in [0.4, 0.5) is 0 Å². The van der Waals surface area contributed by atoms with Crippen LogP contribution in [0.1, 0.15) is 0 Å². The van der Waals surface area contributed by atoms with Crippen LogP contribution in [0, 0.1) is 0 Å². The maximum absolute atomic E-state index is 5.93. The summed E-state index contributed by atoms with van der Waals surface area (Å²) in [4.78, 5) is 0. The van der Waals surface area contributed by atoms with E-state index in [9.17, 15) is 0 Å². The van der Waals surface area contributed by atoms with Gasteiger partial charge in [0.1, 0.15) is 0 Å². The molecule has 1 aliphatic rings. The Kier molecular flexibility index (Phi) is 4.56. The predicted octanol–water partition coefficient (Wildman–Crippen LogP) is 2.52. The molecule has 0 spiro atoms. The molecule has 4 aromatic carbocycles. The highest BCUT2D eigenvalue weighted by molar-refractivity contribution is 6.73. The summed E-state index contributed by atoms with van der Waals surface area (Å²) in [6.07, 6.45) is 0. The molecule has 1 fully saturated rings. The van der Waals surface area contributed by atoms with E-state index in [-0.39, 0.29) is 30.0 Å². The molecule has 1 heterocycles. The maximum Gasteiger partial charge on any atom is 0.413 e. The zero-order chi connectivity index (χ0) is 17.3. The zero-order valence-corrected chi connectivity index (χ0v) is 17.5. The van der Waals surface area contributed by atoms with Gasteiger partial charge >= 0.3 is 39.3 Å². The first-order valence-electron chi connectivity index (χ1n) is 8.02. The van der Waals surface area contributed by atoms with E-state index in [0.29, 0.717) is 0 Å². The summed E-state index contributed by atoms with van der Waals surface area (Å²) in [7, 11) is -1.81. The van der Waals surface area contributed by atoms with Crippen molar-refractivity contribution in [1.82, 2.24) is 0 Å². The van der Waals surface area contributed by atoms with Crippen LogP contribution >= 0.6 is 0 Å². The van der Waals surface area contributed by atoms with Crippen LogP contribution in [0.3, 0.4) is 0 Å². The third-order valence-corrected chi connectivity index (χ3v) is 8.72. The molecule has 0 saturated carbocycles. The molecular formula is C18H11O4Si4. The minimum atomic E-state index is -1.67. The van der Waals surface area contributed by atoms with Crippen LogP contribution in [0.15, 0.2) is 66.7 Å². The van der Waals surface area contributed by atoms with Gasteiger partial charge in [-0.05, 0) is 44.5 Å². The van der Waals surface area contributed by atoms with Crippen molar-refractivity contribution in [3.05, 3.63) is 66.7 Å². The van der Waals surface area contributed by atoms with Crippen molar-refractivity contribution >= 4 is 76.8 Å². The molecule has 1 aliphatic heterocycles. The second-order valence-corrected chi connectivity index (χ2v) is 10.7. The van der Waals surface area contributed by atoms with E-state index in [1.165, 1.54) is 32.3 Å². The van der Waals surface area contributed by atoms with Gasteiger partial charge in [0.2, 0.25) is 0 Å². The van der Waals surface area contributed by atoms with E-state index in [2.05, 4.69) is 66.7 Å². The lowest BCUT2D eigenvalue weighted by atomic mass is 9.98. The monoisotopic (exact) mass is 403 g/mol. The Balaban J connectivity index is 1.77. The molecule has 1 saturated heterocycles. The molecule has 0 unspecified atom stereocenters. The lowest BCUT2D eigenvalue weighted by Gasteiger charge is -2.19. The van der Waals surface area contributed by atoms with Gasteiger partial charge < -0.3 is 16.5 Å². The minimum absolute atomic E-state index is 0.0166. The van der Waals surface area contributed by atoms with Gasteiger partial charge in [0.05, 0.1) is 0 Å². The normalized spacial score (nSPS) is 16.8. The van der Waals surface area contributed by atoms with Crippen LogP contribution in [-0.4, -0.2) is 39.3 Å². The molecule has 0 amide bonds. The molecule has 0 N–H and O–H groups in total. The molecule has 5 rings (SSSR count). The zero-order valence-electron chi connectivity index (χ0n) is 13.5. The lowest BCUT2D eigenvalue weighted by molar-refractivity contribution is 0.337. The summed E-state index contributed by atoms with van der Waals surface area (Å²) in [6, 6.07) is 23.6. The fraction of sp³-hybridized carbons (Fsp3) is 0. The SMILES string of the molecule is c1ccc2cc3c(ccc4cccc([Si]5O[Si]O[Si]O[Si]O5)c43)cc2c1. The number of rotatable bonds is 1. The summed E-state index contributed by atoms with van der Waals surface area (Å²) < 4.78 is 22.6. The Labute approximate surface area is 160 Å². The van der Waals surface area contributed by atoms with Crippen LogP contribution in [0.25, 0.3) is 32.3 Å². The third-order valence-electron chi connectivity index (χ3n) is 4.38. The smallest absolute Gasteiger partial charge is 0.412 e. The highest BCUT2D eigenvalue weighted by Gasteiger charge is 2.25. The molecule has 0 atom stereocenters. The van der Waals surface area contributed by atoms with Gasteiger partial charge in [0, 0.05) is 5.19 Å². The average molecular weight is 404 g/mol. The Bertz CT molecular complexity index is 1100. The molecule has 0 aromatic heterocycles. The number of benzene rings is 4. The molecule has 4 aromatic rings. The van der Waals surface area contributed by atoms with Gasteiger partial charge in [-0.1, -0.05) is 54.6 Å². The highest BCUT2D eigenvalue weighted by atomic mass is 28.4. The molecule has 4 nitrogen and oxygen atoms in total. The average Bonchev–Trinajstić information content (AvgIpc) is 2.66. The van der Waals surface area contributed by atoms with Crippen molar-refractivity contribution in [1.29, 1.82) is 0 Å². The van der Waals surface area contributed by atoms with Gasteiger partial charge in [-0.2, -0.15) is 0 Å². The Hall–Kier alpha value is -1.63. The lowest BCUT2D eigenvalue weighted by Crippen LogP contribution is -2.42. The quantitative estimate of drug-likeness (QED) is 0.278. The largest absolute Gasteiger partial charge is 0.413 e. The van der Waals surface area contributed by atoms with Gasteiger partial charge in [-0.25, -0.2) is 0 Å². The predicted molar refractivity (Wildman–Crippen MR) is 106 cm³/mol. The summed E-state index contributed by atoms with van der Waals surface area (Å²) >= 11 is 0. The second-order valence-electron chi connectivity index (χ2n) is 5.84.